The largest absolute Gasteiger partial charge is 0.390 e. The number of piperidine rings is 1. The lowest BCUT2D eigenvalue weighted by molar-refractivity contribution is -0.135. The Balaban J connectivity index is 1.58. The van der Waals surface area contributed by atoms with E-state index >= 15 is 0 Å². The number of hydrogen-bond donors (Lipinski definition) is 2. The number of nitrogens with zero attached hydrogens (tertiary/aromatic N) is 2. The van der Waals surface area contributed by atoms with E-state index in [1.165, 1.54) is 4.90 Å². The van der Waals surface area contributed by atoms with E-state index in [2.05, 4.69) is 17.1 Å². The van der Waals surface area contributed by atoms with Gasteiger partial charge >= 0.3 is 6.03 Å². The quantitative estimate of drug-likeness (QED) is 0.764. The number of amides is 3. The number of rotatable bonds is 4. The molecule has 0 bridgehead atoms. The highest BCUT2D eigenvalue weighted by Crippen LogP contribution is 2.38. The number of nitrogens with one attached hydrogen (secondary N) is 1. The maximum absolute atomic E-state index is 12.9. The molecule has 1 aliphatic carbocycles. The molecule has 2 saturated heterocycles. The van der Waals surface area contributed by atoms with Crippen LogP contribution >= 0.6 is 0 Å². The molecule has 2 heterocycles. The second-order valence-electron chi connectivity index (χ2n) is 8.10. The fourth-order valence-corrected chi connectivity index (χ4v) is 4.47. The number of carbonyl (C=O) groups is 2. The number of likely N-dealkylation sites (tertiary alicyclic amines) is 1. The van der Waals surface area contributed by atoms with Gasteiger partial charge in [-0.1, -0.05) is 26.7 Å². The third-order valence-electron chi connectivity index (χ3n) is 6.24. The Labute approximate surface area is 144 Å². The molecular formula is C18H31N3O3. The molecule has 0 radical (unpaired) electrons. The molecule has 24 heavy (non-hydrogen) atoms. The zero-order valence-electron chi connectivity index (χ0n) is 15.0. The number of carbonyl (C=O) groups excluding carboxylic acids is 2. The minimum Gasteiger partial charge on any atom is -0.390 e. The van der Waals surface area contributed by atoms with Gasteiger partial charge in [0.2, 0.25) is 0 Å². The zero-order chi connectivity index (χ0) is 17.3. The first-order valence-electron chi connectivity index (χ1n) is 9.47. The van der Waals surface area contributed by atoms with Gasteiger partial charge in [-0.25, -0.2) is 4.79 Å². The lowest BCUT2D eigenvalue weighted by Gasteiger charge is -2.37. The van der Waals surface area contributed by atoms with Crippen molar-refractivity contribution in [2.75, 3.05) is 26.2 Å². The zero-order valence-corrected chi connectivity index (χ0v) is 15.0. The molecule has 3 aliphatic rings. The van der Waals surface area contributed by atoms with Crippen molar-refractivity contribution in [1.82, 2.24) is 15.1 Å². The Hall–Kier alpha value is -1.14. The summed E-state index contributed by atoms with van der Waals surface area (Å²) in [6.07, 6.45) is 5.39. The van der Waals surface area contributed by atoms with Gasteiger partial charge in [-0.05, 0) is 50.6 Å². The summed E-state index contributed by atoms with van der Waals surface area (Å²) in [7, 11) is 0. The summed E-state index contributed by atoms with van der Waals surface area (Å²) in [6, 6.07) is -0.333. The Kier molecular flexibility index (Phi) is 5.16. The van der Waals surface area contributed by atoms with Gasteiger partial charge in [0.25, 0.3) is 5.91 Å². The summed E-state index contributed by atoms with van der Waals surface area (Å²) in [6.45, 7) is 6.91. The summed E-state index contributed by atoms with van der Waals surface area (Å²) < 4.78 is 0. The van der Waals surface area contributed by atoms with Crippen LogP contribution in [-0.2, 0) is 4.79 Å². The Morgan fingerprint density at radius 2 is 1.88 bits per heavy atom. The first-order valence-corrected chi connectivity index (χ1v) is 9.47. The maximum atomic E-state index is 12.9. The molecule has 3 fully saturated rings. The standard InChI is InChI=1S/C18H31N3O3/c1-13-6-9-20(10-7-13)11-15(22)12-21-16(23)18(19-17(21)24)8-4-3-5-14(18)2/h13-15,22H,3-12H2,1-2H3,(H,19,24). The van der Waals surface area contributed by atoms with Gasteiger partial charge in [-0.2, -0.15) is 0 Å². The minimum atomic E-state index is -0.727. The molecule has 0 aromatic rings. The van der Waals surface area contributed by atoms with Gasteiger partial charge in [0, 0.05) is 6.54 Å². The minimum absolute atomic E-state index is 0.102. The number of β-amino-alcohol motifs (C(OH)–C–C–N with tert-alkyl or cyclic N) is 1. The number of aliphatic hydroxyl groups excluding tert-OH is 1. The Bertz CT molecular complexity index is 490. The van der Waals surface area contributed by atoms with E-state index in [1.807, 2.05) is 6.92 Å². The fraction of sp³-hybridized carbons (Fsp3) is 0.889. The maximum Gasteiger partial charge on any atom is 0.325 e. The molecule has 3 unspecified atom stereocenters. The number of imide groups is 1. The summed E-state index contributed by atoms with van der Waals surface area (Å²) in [5.41, 5.74) is -0.727. The highest BCUT2D eigenvalue weighted by Gasteiger charge is 2.55. The van der Waals surface area contributed by atoms with E-state index in [9.17, 15) is 14.7 Å². The van der Waals surface area contributed by atoms with Crippen LogP contribution in [0.15, 0.2) is 0 Å². The fourth-order valence-electron chi connectivity index (χ4n) is 4.47. The normalized spacial score (nSPS) is 34.0. The SMILES string of the molecule is CC1CCN(CC(O)CN2C(=O)NC3(CCCCC3C)C2=O)CC1. The van der Waals surface area contributed by atoms with Gasteiger partial charge in [-0.15, -0.1) is 0 Å². The van der Waals surface area contributed by atoms with Crippen molar-refractivity contribution in [2.24, 2.45) is 11.8 Å². The van der Waals surface area contributed by atoms with Crippen LogP contribution in [-0.4, -0.2) is 64.7 Å². The highest BCUT2D eigenvalue weighted by molar-refractivity contribution is 6.07. The molecule has 0 aromatic carbocycles. The lowest BCUT2D eigenvalue weighted by atomic mass is 9.73. The van der Waals surface area contributed by atoms with E-state index in [0.29, 0.717) is 6.54 Å². The first-order chi connectivity index (χ1) is 11.4. The molecule has 3 amide bonds. The van der Waals surface area contributed by atoms with Crippen molar-refractivity contribution in [3.8, 4) is 0 Å². The van der Waals surface area contributed by atoms with Crippen molar-refractivity contribution >= 4 is 11.9 Å². The van der Waals surface area contributed by atoms with Crippen molar-refractivity contribution in [3.63, 3.8) is 0 Å². The Morgan fingerprint density at radius 3 is 2.54 bits per heavy atom. The van der Waals surface area contributed by atoms with Crippen LogP contribution in [0.2, 0.25) is 0 Å². The van der Waals surface area contributed by atoms with Gasteiger partial charge in [-0.3, -0.25) is 9.69 Å². The van der Waals surface area contributed by atoms with Crippen molar-refractivity contribution in [3.05, 3.63) is 0 Å². The van der Waals surface area contributed by atoms with Gasteiger partial charge < -0.3 is 15.3 Å². The van der Waals surface area contributed by atoms with E-state index in [4.69, 9.17) is 0 Å². The topological polar surface area (TPSA) is 72.9 Å². The van der Waals surface area contributed by atoms with Crippen molar-refractivity contribution < 1.29 is 14.7 Å². The number of aliphatic hydroxyl groups is 1. The van der Waals surface area contributed by atoms with Crippen LogP contribution in [0.1, 0.15) is 52.4 Å². The van der Waals surface area contributed by atoms with E-state index in [1.54, 1.807) is 0 Å². The highest BCUT2D eigenvalue weighted by atomic mass is 16.3. The van der Waals surface area contributed by atoms with E-state index in [0.717, 1.165) is 57.5 Å². The molecule has 1 spiro atoms. The smallest absolute Gasteiger partial charge is 0.325 e. The van der Waals surface area contributed by atoms with Crippen molar-refractivity contribution in [2.45, 2.75) is 64.0 Å². The van der Waals surface area contributed by atoms with E-state index < -0.39 is 11.6 Å². The predicted molar refractivity (Wildman–Crippen MR) is 91.5 cm³/mol. The van der Waals surface area contributed by atoms with Gasteiger partial charge in [0.15, 0.2) is 0 Å². The molecule has 3 atom stereocenters. The first kappa shape index (κ1) is 17.7. The van der Waals surface area contributed by atoms with Gasteiger partial charge in [0.05, 0.1) is 12.6 Å². The molecule has 6 nitrogen and oxygen atoms in total. The molecule has 2 N–H and O–H groups in total. The monoisotopic (exact) mass is 337 g/mol. The van der Waals surface area contributed by atoms with Crippen LogP contribution in [0.3, 0.4) is 0 Å². The molecule has 136 valence electrons. The van der Waals surface area contributed by atoms with Crippen LogP contribution in [0.4, 0.5) is 4.79 Å². The summed E-state index contributed by atoms with van der Waals surface area (Å²) in [5, 5.41) is 13.3. The number of hydrogen-bond acceptors (Lipinski definition) is 4. The van der Waals surface area contributed by atoms with Crippen LogP contribution in [0.5, 0.6) is 0 Å². The predicted octanol–water partition coefficient (Wildman–Crippen LogP) is 1.58. The average Bonchev–Trinajstić information content (AvgIpc) is 2.78. The third kappa shape index (κ3) is 3.31. The van der Waals surface area contributed by atoms with Crippen LogP contribution < -0.4 is 5.32 Å². The molecular weight excluding hydrogens is 306 g/mol. The number of urea groups is 1. The molecule has 6 heteroatoms. The summed E-state index contributed by atoms with van der Waals surface area (Å²) in [4.78, 5) is 28.7. The second-order valence-corrected chi connectivity index (χ2v) is 8.10. The summed E-state index contributed by atoms with van der Waals surface area (Å²) in [5.74, 6) is 0.774. The average molecular weight is 337 g/mol. The van der Waals surface area contributed by atoms with E-state index in [-0.39, 0.29) is 24.4 Å². The Morgan fingerprint density at radius 1 is 1.17 bits per heavy atom. The van der Waals surface area contributed by atoms with Crippen molar-refractivity contribution in [1.29, 1.82) is 0 Å². The van der Waals surface area contributed by atoms with Crippen LogP contribution in [0, 0.1) is 11.8 Å². The molecule has 0 aromatic heterocycles. The third-order valence-corrected chi connectivity index (χ3v) is 6.24. The summed E-state index contributed by atoms with van der Waals surface area (Å²) >= 11 is 0. The molecule has 3 rings (SSSR count). The lowest BCUT2D eigenvalue weighted by Crippen LogP contribution is -2.54. The molecule has 2 aliphatic heterocycles. The second kappa shape index (κ2) is 7.00. The van der Waals surface area contributed by atoms with Crippen LogP contribution in [0.25, 0.3) is 0 Å². The molecule has 1 saturated carbocycles. The van der Waals surface area contributed by atoms with Gasteiger partial charge in [0.1, 0.15) is 5.54 Å².